The lowest BCUT2D eigenvalue weighted by Crippen LogP contribution is -2.13. The third-order valence-electron chi connectivity index (χ3n) is 3.25. The van der Waals surface area contributed by atoms with Gasteiger partial charge in [0.15, 0.2) is 0 Å². The van der Waals surface area contributed by atoms with Crippen molar-refractivity contribution in [3.05, 3.63) is 60.7 Å². The van der Waals surface area contributed by atoms with Crippen LogP contribution in [-0.4, -0.2) is 23.0 Å². The second kappa shape index (κ2) is 5.92. The number of anilines is 1. The SMILES string of the molecule is O=S(=O)(Nc1ccc(-n2ccnc2)c(F)c1)c1c[nH]c(C(F)(F)F)c1. The quantitative estimate of drug-likeness (QED) is 0.689. The monoisotopic (exact) mass is 374 g/mol. The number of nitrogens with zero attached hydrogens (tertiary/aromatic N) is 2. The van der Waals surface area contributed by atoms with Crippen LogP contribution in [-0.2, 0) is 16.2 Å². The molecule has 0 aliphatic carbocycles. The molecular formula is C14H10F4N4O2S. The molecular weight excluding hydrogens is 364 g/mol. The molecule has 0 aliphatic heterocycles. The maximum atomic E-state index is 14.1. The van der Waals surface area contributed by atoms with Crippen LogP contribution < -0.4 is 4.72 Å². The predicted molar refractivity (Wildman–Crippen MR) is 80.1 cm³/mol. The van der Waals surface area contributed by atoms with Crippen LogP contribution in [0.3, 0.4) is 0 Å². The highest BCUT2D eigenvalue weighted by atomic mass is 32.2. The summed E-state index contributed by atoms with van der Waals surface area (Å²) in [6.45, 7) is 0. The maximum absolute atomic E-state index is 14.1. The Morgan fingerprint density at radius 2 is 1.96 bits per heavy atom. The molecule has 2 heterocycles. The molecule has 0 saturated carbocycles. The minimum absolute atomic E-state index is 0.129. The van der Waals surface area contributed by atoms with Crippen molar-refractivity contribution < 1.29 is 26.0 Å². The fourth-order valence-electron chi connectivity index (χ4n) is 2.09. The van der Waals surface area contributed by atoms with Crippen LogP contribution in [0.2, 0.25) is 0 Å². The molecule has 0 amide bonds. The van der Waals surface area contributed by atoms with Crippen molar-refractivity contribution in [3.8, 4) is 5.69 Å². The lowest BCUT2D eigenvalue weighted by molar-refractivity contribution is -0.140. The van der Waals surface area contributed by atoms with Crippen molar-refractivity contribution in [3.63, 3.8) is 0 Å². The molecule has 0 bridgehead atoms. The van der Waals surface area contributed by atoms with E-state index in [2.05, 4.69) is 4.98 Å². The molecule has 2 N–H and O–H groups in total. The Kier molecular flexibility index (Phi) is 4.03. The van der Waals surface area contributed by atoms with Gasteiger partial charge in [-0.05, 0) is 18.2 Å². The first-order valence-corrected chi connectivity index (χ1v) is 8.21. The van der Waals surface area contributed by atoms with Gasteiger partial charge in [0.05, 0.1) is 17.7 Å². The highest BCUT2D eigenvalue weighted by Gasteiger charge is 2.33. The summed E-state index contributed by atoms with van der Waals surface area (Å²) in [7, 11) is -4.30. The smallest absolute Gasteiger partial charge is 0.356 e. The van der Waals surface area contributed by atoms with Gasteiger partial charge in [-0.1, -0.05) is 0 Å². The molecule has 0 atom stereocenters. The molecule has 1 aromatic carbocycles. The number of hydrogen-bond donors (Lipinski definition) is 2. The van der Waals surface area contributed by atoms with Crippen molar-refractivity contribution in [2.45, 2.75) is 11.1 Å². The molecule has 11 heteroatoms. The van der Waals surface area contributed by atoms with E-state index in [1.807, 2.05) is 9.71 Å². The van der Waals surface area contributed by atoms with Gasteiger partial charge in [-0.3, -0.25) is 4.72 Å². The minimum atomic E-state index is -4.70. The summed E-state index contributed by atoms with van der Waals surface area (Å²) in [6.07, 6.45) is 0.315. The molecule has 6 nitrogen and oxygen atoms in total. The third-order valence-corrected chi connectivity index (χ3v) is 4.62. The Morgan fingerprint density at radius 1 is 1.20 bits per heavy atom. The number of sulfonamides is 1. The summed E-state index contributed by atoms with van der Waals surface area (Å²) in [5.74, 6) is -0.733. The first-order valence-electron chi connectivity index (χ1n) is 6.73. The summed E-state index contributed by atoms with van der Waals surface area (Å²) in [6, 6.07) is 3.98. The van der Waals surface area contributed by atoms with E-state index in [-0.39, 0.29) is 11.4 Å². The number of alkyl halides is 3. The zero-order chi connectivity index (χ0) is 18.2. The van der Waals surface area contributed by atoms with Gasteiger partial charge in [0.25, 0.3) is 10.0 Å². The van der Waals surface area contributed by atoms with E-state index in [0.717, 1.165) is 6.07 Å². The van der Waals surface area contributed by atoms with Crippen molar-refractivity contribution in [2.24, 2.45) is 0 Å². The van der Waals surface area contributed by atoms with Crippen LogP contribution in [0.25, 0.3) is 5.69 Å². The van der Waals surface area contributed by atoms with E-state index in [0.29, 0.717) is 12.3 Å². The van der Waals surface area contributed by atoms with Gasteiger partial charge in [0.1, 0.15) is 16.4 Å². The van der Waals surface area contributed by atoms with Crippen LogP contribution in [0.4, 0.5) is 23.2 Å². The molecule has 3 rings (SSSR count). The number of benzene rings is 1. The van der Waals surface area contributed by atoms with Gasteiger partial charge in [-0.25, -0.2) is 17.8 Å². The molecule has 132 valence electrons. The molecule has 0 radical (unpaired) electrons. The largest absolute Gasteiger partial charge is 0.431 e. The van der Waals surface area contributed by atoms with Gasteiger partial charge in [0.2, 0.25) is 0 Å². The fraction of sp³-hybridized carbons (Fsp3) is 0.0714. The second-order valence-corrected chi connectivity index (χ2v) is 6.67. The van der Waals surface area contributed by atoms with Gasteiger partial charge >= 0.3 is 6.18 Å². The second-order valence-electron chi connectivity index (χ2n) is 4.99. The zero-order valence-electron chi connectivity index (χ0n) is 12.2. The average molecular weight is 374 g/mol. The van der Waals surface area contributed by atoms with E-state index in [4.69, 9.17) is 0 Å². The van der Waals surface area contributed by atoms with E-state index >= 15 is 0 Å². The number of hydrogen-bond acceptors (Lipinski definition) is 3. The molecule has 0 aliphatic rings. The first-order chi connectivity index (χ1) is 11.7. The summed E-state index contributed by atoms with van der Waals surface area (Å²) in [5, 5.41) is 0. The number of nitrogens with one attached hydrogen (secondary N) is 2. The lowest BCUT2D eigenvalue weighted by atomic mass is 10.2. The number of rotatable bonds is 4. The molecule has 0 unspecified atom stereocenters. The van der Waals surface area contributed by atoms with Gasteiger partial charge in [0, 0.05) is 24.7 Å². The van der Waals surface area contributed by atoms with Crippen LogP contribution in [0.15, 0.2) is 54.1 Å². The number of imidazole rings is 1. The molecule has 0 saturated heterocycles. The van der Waals surface area contributed by atoms with Crippen LogP contribution in [0.1, 0.15) is 5.69 Å². The fourth-order valence-corrected chi connectivity index (χ4v) is 3.13. The van der Waals surface area contributed by atoms with Gasteiger partial charge < -0.3 is 9.55 Å². The Labute approximate surface area is 139 Å². The number of H-pyrrole nitrogens is 1. The van der Waals surface area contributed by atoms with E-state index in [1.54, 1.807) is 0 Å². The van der Waals surface area contributed by atoms with Crippen molar-refractivity contribution in [2.75, 3.05) is 4.72 Å². The molecule has 25 heavy (non-hydrogen) atoms. The Bertz CT molecular complexity index is 994. The van der Waals surface area contributed by atoms with Crippen molar-refractivity contribution in [1.29, 1.82) is 0 Å². The number of halogens is 4. The number of aromatic amines is 1. The van der Waals surface area contributed by atoms with Gasteiger partial charge in [-0.2, -0.15) is 13.2 Å². The normalized spacial score (nSPS) is 12.3. The molecule has 0 fully saturated rings. The third kappa shape index (κ3) is 3.50. The maximum Gasteiger partial charge on any atom is 0.431 e. The minimum Gasteiger partial charge on any atom is -0.356 e. The molecule has 0 spiro atoms. The summed E-state index contributed by atoms with van der Waals surface area (Å²) in [5.41, 5.74) is -1.19. The van der Waals surface area contributed by atoms with E-state index in [9.17, 15) is 26.0 Å². The van der Waals surface area contributed by atoms with Crippen LogP contribution in [0, 0.1) is 5.82 Å². The van der Waals surface area contributed by atoms with E-state index in [1.165, 1.54) is 35.4 Å². The summed E-state index contributed by atoms with van der Waals surface area (Å²) in [4.78, 5) is 5.01. The standard InChI is InChI=1S/C14H10F4N4O2S/c15-11-5-9(1-2-12(11)22-4-3-19-8-22)21-25(23,24)10-6-13(20-7-10)14(16,17)18/h1-8,20-21H. The first kappa shape index (κ1) is 17.0. The number of aromatic nitrogens is 3. The topological polar surface area (TPSA) is 79.8 Å². The Hall–Kier alpha value is -2.82. The van der Waals surface area contributed by atoms with Crippen LogP contribution in [0.5, 0.6) is 0 Å². The Morgan fingerprint density at radius 3 is 2.52 bits per heavy atom. The molecule has 2 aromatic heterocycles. The predicted octanol–water partition coefficient (Wildman–Crippen LogP) is 3.16. The summed E-state index contributed by atoms with van der Waals surface area (Å²) < 4.78 is 79.4. The zero-order valence-corrected chi connectivity index (χ0v) is 13.1. The van der Waals surface area contributed by atoms with Gasteiger partial charge in [-0.15, -0.1) is 0 Å². The van der Waals surface area contributed by atoms with E-state index < -0.39 is 32.6 Å². The summed E-state index contributed by atoms with van der Waals surface area (Å²) >= 11 is 0. The lowest BCUT2D eigenvalue weighted by Gasteiger charge is -2.09. The van der Waals surface area contributed by atoms with Crippen LogP contribution >= 0.6 is 0 Å². The molecule has 3 aromatic rings. The Balaban J connectivity index is 1.86. The van der Waals surface area contributed by atoms with Crippen molar-refractivity contribution >= 4 is 15.7 Å². The van der Waals surface area contributed by atoms with Crippen molar-refractivity contribution in [1.82, 2.24) is 14.5 Å². The highest BCUT2D eigenvalue weighted by Crippen LogP contribution is 2.30. The highest BCUT2D eigenvalue weighted by molar-refractivity contribution is 7.92. The average Bonchev–Trinajstić information content (AvgIpc) is 3.18.